The van der Waals surface area contributed by atoms with Crippen LogP contribution < -0.4 is 0 Å². The van der Waals surface area contributed by atoms with Gasteiger partial charge in [-0.15, -0.1) is 11.3 Å². The molecular weight excluding hydrogens is 579 g/mol. The van der Waals surface area contributed by atoms with Gasteiger partial charge < -0.3 is 4.57 Å². The maximum absolute atomic E-state index is 4.68. The van der Waals surface area contributed by atoms with Gasteiger partial charge in [-0.3, -0.25) is 4.99 Å². The van der Waals surface area contributed by atoms with Crippen LogP contribution in [0.5, 0.6) is 0 Å². The number of rotatable bonds is 3. The third-order valence-electron chi connectivity index (χ3n) is 10.1. The van der Waals surface area contributed by atoms with Crippen LogP contribution in [-0.4, -0.2) is 17.6 Å². The van der Waals surface area contributed by atoms with E-state index in [0.717, 1.165) is 16.8 Å². The number of aromatic nitrogens is 1. The van der Waals surface area contributed by atoms with Crippen LogP contribution in [0.3, 0.4) is 0 Å². The zero-order valence-corrected chi connectivity index (χ0v) is 26.0. The standard InChI is InChI=1S/C42H27N3S/c1-25-39(44-24-43-2)33-22-21-32-31-14-6-10-18-38(31)45(40(32)41(33)46-25)26-19-20-30-29-13-5-9-17-36(29)42(37(30)23-26)34-15-7-3-11-27(34)28-12-4-8-16-35(28)42/h3-24H,2H2,1H3/b44-24-. The molecule has 0 saturated carbocycles. The van der Waals surface area contributed by atoms with Gasteiger partial charge in [-0.25, -0.2) is 4.99 Å². The highest BCUT2D eigenvalue weighted by Crippen LogP contribution is 2.63. The monoisotopic (exact) mass is 605 g/mol. The van der Waals surface area contributed by atoms with Crippen LogP contribution in [0.1, 0.15) is 27.1 Å². The van der Waals surface area contributed by atoms with E-state index < -0.39 is 0 Å². The van der Waals surface area contributed by atoms with Gasteiger partial charge in [0.2, 0.25) is 0 Å². The van der Waals surface area contributed by atoms with E-state index in [1.54, 1.807) is 17.7 Å². The van der Waals surface area contributed by atoms with Crippen molar-refractivity contribution in [2.24, 2.45) is 9.98 Å². The van der Waals surface area contributed by atoms with Crippen molar-refractivity contribution >= 4 is 62.0 Å². The molecule has 1 spiro atoms. The van der Waals surface area contributed by atoms with Crippen LogP contribution in [0.25, 0.3) is 59.8 Å². The molecule has 0 atom stereocenters. The Morgan fingerprint density at radius 1 is 0.630 bits per heavy atom. The van der Waals surface area contributed by atoms with Crippen molar-refractivity contribution in [2.45, 2.75) is 12.3 Å². The molecular formula is C42H27N3S. The second-order valence-corrected chi connectivity index (χ2v) is 13.5. The summed E-state index contributed by atoms with van der Waals surface area (Å²) in [7, 11) is 0. The molecule has 0 radical (unpaired) electrons. The van der Waals surface area contributed by atoms with Crippen molar-refractivity contribution in [3.05, 3.63) is 155 Å². The van der Waals surface area contributed by atoms with Gasteiger partial charge in [-0.05, 0) is 76.3 Å². The van der Waals surface area contributed by atoms with Crippen LogP contribution >= 0.6 is 11.3 Å². The number of benzene rings is 6. The van der Waals surface area contributed by atoms with Crippen LogP contribution in [0, 0.1) is 6.92 Å². The fourth-order valence-electron chi connectivity index (χ4n) is 8.46. The summed E-state index contributed by atoms with van der Waals surface area (Å²) in [5.74, 6) is 0. The van der Waals surface area contributed by atoms with Gasteiger partial charge in [0, 0.05) is 26.7 Å². The summed E-state index contributed by atoms with van der Waals surface area (Å²) >= 11 is 1.80. The number of hydrogen-bond donors (Lipinski definition) is 0. The fourth-order valence-corrected chi connectivity index (χ4v) is 9.60. The molecule has 4 heteroatoms. The minimum atomic E-state index is -0.387. The van der Waals surface area contributed by atoms with E-state index in [1.807, 2.05) is 0 Å². The summed E-state index contributed by atoms with van der Waals surface area (Å²) in [6.07, 6.45) is 1.54. The molecule has 0 fully saturated rings. The SMILES string of the molecule is C=N/C=N\c1c(C)sc2c1ccc1c3ccccc3n(-c3ccc4c(c3)C3(c5ccccc5-c5ccccc53)c3ccccc3-4)c12. The lowest BCUT2D eigenvalue weighted by atomic mass is 9.70. The molecule has 10 rings (SSSR count). The van der Waals surface area contributed by atoms with Crippen molar-refractivity contribution in [1.82, 2.24) is 4.57 Å². The van der Waals surface area contributed by atoms with E-state index in [1.165, 1.54) is 75.9 Å². The topological polar surface area (TPSA) is 29.6 Å². The van der Waals surface area contributed by atoms with Gasteiger partial charge in [0.25, 0.3) is 0 Å². The second-order valence-electron chi connectivity index (χ2n) is 12.2. The second kappa shape index (κ2) is 9.23. The highest BCUT2D eigenvalue weighted by molar-refractivity contribution is 7.20. The number of aliphatic imine (C=N–C) groups is 2. The molecule has 2 aliphatic carbocycles. The first-order valence-electron chi connectivity index (χ1n) is 15.6. The van der Waals surface area contributed by atoms with Gasteiger partial charge in [0.15, 0.2) is 0 Å². The highest BCUT2D eigenvalue weighted by Gasteiger charge is 2.51. The van der Waals surface area contributed by atoms with E-state index in [0.29, 0.717) is 0 Å². The van der Waals surface area contributed by atoms with E-state index >= 15 is 0 Å². The number of hydrogen-bond acceptors (Lipinski definition) is 2. The smallest absolute Gasteiger partial charge is 0.115 e. The lowest BCUT2D eigenvalue weighted by molar-refractivity contribution is 0.792. The number of fused-ring (bicyclic) bond motifs is 15. The minimum Gasteiger partial charge on any atom is -0.308 e. The highest BCUT2D eigenvalue weighted by atomic mass is 32.1. The Morgan fingerprint density at radius 2 is 1.22 bits per heavy atom. The lowest BCUT2D eigenvalue weighted by Crippen LogP contribution is -2.26. The Balaban J connectivity index is 1.34. The molecule has 0 aliphatic heterocycles. The Hall–Kier alpha value is -5.58. The van der Waals surface area contributed by atoms with E-state index in [2.05, 4.69) is 156 Å². The molecule has 3 nitrogen and oxygen atoms in total. The molecule has 0 amide bonds. The van der Waals surface area contributed by atoms with Crippen LogP contribution in [0.15, 0.2) is 137 Å². The Morgan fingerprint density at radius 3 is 1.89 bits per heavy atom. The predicted molar refractivity (Wildman–Crippen MR) is 195 cm³/mol. The number of aryl methyl sites for hydroxylation is 1. The molecule has 0 unspecified atom stereocenters. The van der Waals surface area contributed by atoms with Crippen molar-refractivity contribution in [3.63, 3.8) is 0 Å². The van der Waals surface area contributed by atoms with Gasteiger partial charge in [0.1, 0.15) is 6.34 Å². The van der Waals surface area contributed by atoms with E-state index in [9.17, 15) is 0 Å². The quantitative estimate of drug-likeness (QED) is 0.142. The number of nitrogens with zero attached hydrogens (tertiary/aromatic N) is 3. The third-order valence-corrected chi connectivity index (χ3v) is 11.3. The molecule has 46 heavy (non-hydrogen) atoms. The summed E-state index contributed by atoms with van der Waals surface area (Å²) in [5.41, 5.74) is 14.8. The zero-order valence-electron chi connectivity index (χ0n) is 25.2. The Labute approximate surface area is 270 Å². The maximum Gasteiger partial charge on any atom is 0.115 e. The van der Waals surface area contributed by atoms with E-state index in [-0.39, 0.29) is 5.41 Å². The number of para-hydroxylation sites is 1. The van der Waals surface area contributed by atoms with Gasteiger partial charge in [0.05, 0.1) is 26.8 Å². The largest absolute Gasteiger partial charge is 0.308 e. The summed E-state index contributed by atoms with van der Waals surface area (Å²) in [4.78, 5) is 9.75. The van der Waals surface area contributed by atoms with Crippen LogP contribution in [0.4, 0.5) is 5.69 Å². The molecule has 2 aliphatic rings. The van der Waals surface area contributed by atoms with Crippen molar-refractivity contribution < 1.29 is 0 Å². The lowest BCUT2D eigenvalue weighted by Gasteiger charge is -2.30. The first-order chi connectivity index (χ1) is 22.7. The van der Waals surface area contributed by atoms with Gasteiger partial charge >= 0.3 is 0 Å². The number of thiophene rings is 1. The Kier molecular flexibility index (Phi) is 5.16. The molecule has 8 aromatic rings. The zero-order chi connectivity index (χ0) is 30.6. The maximum atomic E-state index is 4.68. The summed E-state index contributed by atoms with van der Waals surface area (Å²) < 4.78 is 3.71. The molecule has 6 aromatic carbocycles. The molecule has 2 heterocycles. The van der Waals surface area contributed by atoms with E-state index in [4.69, 9.17) is 0 Å². The van der Waals surface area contributed by atoms with Crippen molar-refractivity contribution in [2.75, 3.05) is 0 Å². The molecule has 0 bridgehead atoms. The Bertz CT molecular complexity index is 2570. The summed E-state index contributed by atoms with van der Waals surface area (Å²) in [6, 6.07) is 47.4. The first kappa shape index (κ1) is 25.7. The van der Waals surface area contributed by atoms with Crippen LogP contribution in [-0.2, 0) is 5.41 Å². The average Bonchev–Trinajstić information content (AvgIpc) is 3.80. The molecule has 2 aromatic heterocycles. The predicted octanol–water partition coefficient (Wildman–Crippen LogP) is 11.0. The van der Waals surface area contributed by atoms with Gasteiger partial charge in [-0.2, -0.15) is 0 Å². The van der Waals surface area contributed by atoms with Crippen LogP contribution in [0.2, 0.25) is 0 Å². The fraction of sp³-hybridized carbons (Fsp3) is 0.0476. The summed E-state index contributed by atoms with van der Waals surface area (Å²) in [5, 5.41) is 3.64. The van der Waals surface area contributed by atoms with Gasteiger partial charge in [-0.1, -0.05) is 109 Å². The molecule has 216 valence electrons. The minimum absolute atomic E-state index is 0.387. The van der Waals surface area contributed by atoms with Crippen molar-refractivity contribution in [3.8, 4) is 27.9 Å². The van der Waals surface area contributed by atoms with Crippen molar-refractivity contribution in [1.29, 1.82) is 0 Å². The average molecular weight is 606 g/mol. The normalized spacial score (nSPS) is 13.9. The molecule has 0 saturated heterocycles. The first-order valence-corrected chi connectivity index (χ1v) is 16.4. The molecule has 0 N–H and O–H groups in total. The summed E-state index contributed by atoms with van der Waals surface area (Å²) in [6.45, 7) is 5.75. The third kappa shape index (κ3) is 3.07.